The van der Waals surface area contributed by atoms with Crippen LogP contribution in [-0.2, 0) is 6.42 Å². The standard InChI is InChI=1S/C14H13ClFNOS/c1-9-3-2-4-11(13(9)16)14(18)17-8-7-10-5-6-12(15)19-10/h2-6H,7-8H2,1H3,(H,17,18). The quantitative estimate of drug-likeness (QED) is 0.913. The van der Waals surface area contributed by atoms with Gasteiger partial charge in [0, 0.05) is 11.4 Å². The van der Waals surface area contributed by atoms with Gasteiger partial charge in [-0.2, -0.15) is 0 Å². The van der Waals surface area contributed by atoms with E-state index in [1.807, 2.05) is 12.1 Å². The lowest BCUT2D eigenvalue weighted by atomic mass is 10.1. The summed E-state index contributed by atoms with van der Waals surface area (Å²) >= 11 is 7.30. The average molecular weight is 298 g/mol. The number of nitrogens with one attached hydrogen (secondary N) is 1. The Morgan fingerprint density at radius 3 is 2.84 bits per heavy atom. The van der Waals surface area contributed by atoms with Crippen molar-refractivity contribution in [3.63, 3.8) is 0 Å². The van der Waals surface area contributed by atoms with Crippen molar-refractivity contribution in [1.29, 1.82) is 0 Å². The molecule has 0 radical (unpaired) electrons. The Labute approximate surface area is 120 Å². The monoisotopic (exact) mass is 297 g/mol. The molecule has 2 aromatic rings. The number of rotatable bonds is 4. The van der Waals surface area contributed by atoms with Crippen LogP contribution < -0.4 is 5.32 Å². The van der Waals surface area contributed by atoms with E-state index < -0.39 is 5.82 Å². The zero-order valence-corrected chi connectivity index (χ0v) is 11.9. The van der Waals surface area contributed by atoms with Gasteiger partial charge in [-0.25, -0.2) is 4.39 Å². The van der Waals surface area contributed by atoms with E-state index in [9.17, 15) is 9.18 Å². The summed E-state index contributed by atoms with van der Waals surface area (Å²) < 4.78 is 14.5. The molecule has 0 aliphatic heterocycles. The zero-order valence-electron chi connectivity index (χ0n) is 10.4. The normalized spacial score (nSPS) is 10.5. The lowest BCUT2D eigenvalue weighted by molar-refractivity contribution is 0.0950. The third kappa shape index (κ3) is 3.55. The summed E-state index contributed by atoms with van der Waals surface area (Å²) in [6, 6.07) is 8.54. The first kappa shape index (κ1) is 14.0. The smallest absolute Gasteiger partial charge is 0.254 e. The molecule has 1 N–H and O–H groups in total. The Morgan fingerprint density at radius 2 is 2.16 bits per heavy atom. The van der Waals surface area contributed by atoms with Crippen LogP contribution in [0.1, 0.15) is 20.8 Å². The topological polar surface area (TPSA) is 29.1 Å². The van der Waals surface area contributed by atoms with Crippen LogP contribution in [0.3, 0.4) is 0 Å². The van der Waals surface area contributed by atoms with Gasteiger partial charge in [-0.1, -0.05) is 23.7 Å². The summed E-state index contributed by atoms with van der Waals surface area (Å²) in [5.74, 6) is -0.844. The molecule has 0 bridgehead atoms. The fraction of sp³-hybridized carbons (Fsp3) is 0.214. The van der Waals surface area contributed by atoms with Crippen LogP contribution in [0, 0.1) is 12.7 Å². The van der Waals surface area contributed by atoms with Gasteiger partial charge in [-0.15, -0.1) is 11.3 Å². The summed E-state index contributed by atoms with van der Waals surface area (Å²) in [5.41, 5.74) is 0.557. The van der Waals surface area contributed by atoms with Crippen LogP contribution in [0.15, 0.2) is 30.3 Å². The number of benzene rings is 1. The minimum atomic E-state index is -0.459. The van der Waals surface area contributed by atoms with Crippen LogP contribution in [0.5, 0.6) is 0 Å². The van der Waals surface area contributed by atoms with Crippen LogP contribution >= 0.6 is 22.9 Å². The first-order valence-corrected chi connectivity index (χ1v) is 7.05. The second-order valence-electron chi connectivity index (χ2n) is 4.15. The third-order valence-corrected chi connectivity index (χ3v) is 4.01. The summed E-state index contributed by atoms with van der Waals surface area (Å²) in [7, 11) is 0. The van der Waals surface area contributed by atoms with E-state index in [1.165, 1.54) is 17.4 Å². The highest BCUT2D eigenvalue weighted by atomic mass is 35.5. The first-order chi connectivity index (χ1) is 9.08. The predicted molar refractivity (Wildman–Crippen MR) is 76.5 cm³/mol. The highest BCUT2D eigenvalue weighted by molar-refractivity contribution is 7.16. The Bertz CT molecular complexity index is 597. The van der Waals surface area contributed by atoms with Crippen molar-refractivity contribution in [2.24, 2.45) is 0 Å². The maximum absolute atomic E-state index is 13.7. The number of halogens is 2. The van der Waals surface area contributed by atoms with Gasteiger partial charge >= 0.3 is 0 Å². The minimum absolute atomic E-state index is 0.0872. The van der Waals surface area contributed by atoms with Crippen molar-refractivity contribution in [2.45, 2.75) is 13.3 Å². The first-order valence-electron chi connectivity index (χ1n) is 5.85. The lowest BCUT2D eigenvalue weighted by Crippen LogP contribution is -2.26. The molecule has 100 valence electrons. The Kier molecular flexibility index (Phi) is 4.56. The van der Waals surface area contributed by atoms with Crippen LogP contribution in [0.25, 0.3) is 0 Å². The van der Waals surface area contributed by atoms with Gasteiger partial charge in [-0.3, -0.25) is 4.79 Å². The van der Waals surface area contributed by atoms with Gasteiger partial charge in [0.05, 0.1) is 9.90 Å². The van der Waals surface area contributed by atoms with Crippen molar-refractivity contribution < 1.29 is 9.18 Å². The summed E-state index contributed by atoms with van der Waals surface area (Å²) in [6.07, 6.45) is 0.691. The molecule has 2 nitrogen and oxygen atoms in total. The van der Waals surface area contributed by atoms with Gasteiger partial charge in [0.15, 0.2) is 0 Å². The van der Waals surface area contributed by atoms with Crippen molar-refractivity contribution in [1.82, 2.24) is 5.32 Å². The number of thiophene rings is 1. The number of hydrogen-bond acceptors (Lipinski definition) is 2. The molecule has 0 aliphatic rings. The van der Waals surface area contributed by atoms with Gasteiger partial charge < -0.3 is 5.32 Å². The SMILES string of the molecule is Cc1cccc(C(=O)NCCc2ccc(Cl)s2)c1F. The molecule has 0 saturated heterocycles. The molecular formula is C14H13ClFNOS. The summed E-state index contributed by atoms with van der Waals surface area (Å²) in [5, 5.41) is 2.71. The van der Waals surface area contributed by atoms with Crippen molar-refractivity contribution in [3.05, 3.63) is 56.5 Å². The molecule has 0 aliphatic carbocycles. The second kappa shape index (κ2) is 6.17. The molecule has 1 aromatic heterocycles. The highest BCUT2D eigenvalue weighted by Gasteiger charge is 2.12. The molecule has 19 heavy (non-hydrogen) atoms. The van der Waals surface area contributed by atoms with E-state index in [0.29, 0.717) is 18.5 Å². The third-order valence-electron chi connectivity index (χ3n) is 2.72. The molecule has 1 aromatic carbocycles. The van der Waals surface area contributed by atoms with Crippen molar-refractivity contribution in [3.8, 4) is 0 Å². The predicted octanol–water partition coefficient (Wildman–Crippen LogP) is 3.82. The average Bonchev–Trinajstić information content (AvgIpc) is 2.78. The molecule has 0 saturated carbocycles. The molecule has 5 heteroatoms. The second-order valence-corrected chi connectivity index (χ2v) is 5.95. The van der Waals surface area contributed by atoms with E-state index in [-0.39, 0.29) is 11.5 Å². The summed E-state index contributed by atoms with van der Waals surface area (Å²) in [6.45, 7) is 2.10. The number of hydrogen-bond donors (Lipinski definition) is 1. The Hall–Kier alpha value is -1.39. The fourth-order valence-electron chi connectivity index (χ4n) is 1.70. The van der Waals surface area contributed by atoms with E-state index in [2.05, 4.69) is 5.32 Å². The Balaban J connectivity index is 1.93. The highest BCUT2D eigenvalue weighted by Crippen LogP contribution is 2.21. The van der Waals surface area contributed by atoms with Crippen molar-refractivity contribution in [2.75, 3.05) is 6.54 Å². The fourth-order valence-corrected chi connectivity index (χ4v) is 2.79. The maximum atomic E-state index is 13.7. The lowest BCUT2D eigenvalue weighted by Gasteiger charge is -2.06. The number of aryl methyl sites for hydroxylation is 1. The molecular weight excluding hydrogens is 285 g/mol. The number of amides is 1. The minimum Gasteiger partial charge on any atom is -0.352 e. The Morgan fingerprint density at radius 1 is 1.37 bits per heavy atom. The van der Waals surface area contributed by atoms with Gasteiger partial charge in [0.1, 0.15) is 5.82 Å². The zero-order chi connectivity index (χ0) is 13.8. The number of carbonyl (C=O) groups excluding carboxylic acids is 1. The molecule has 0 unspecified atom stereocenters. The van der Waals surface area contributed by atoms with Gasteiger partial charge in [0.25, 0.3) is 5.91 Å². The van der Waals surface area contributed by atoms with Crippen LogP contribution in [0.2, 0.25) is 4.34 Å². The van der Waals surface area contributed by atoms with E-state index in [4.69, 9.17) is 11.6 Å². The summed E-state index contributed by atoms with van der Waals surface area (Å²) in [4.78, 5) is 12.9. The molecule has 0 fully saturated rings. The molecule has 2 rings (SSSR count). The van der Waals surface area contributed by atoms with Crippen molar-refractivity contribution >= 4 is 28.8 Å². The van der Waals surface area contributed by atoms with Gasteiger partial charge in [0.2, 0.25) is 0 Å². The number of carbonyl (C=O) groups is 1. The van der Waals surface area contributed by atoms with E-state index >= 15 is 0 Å². The van der Waals surface area contributed by atoms with E-state index in [0.717, 1.165) is 9.21 Å². The molecule has 0 spiro atoms. The molecule has 1 amide bonds. The van der Waals surface area contributed by atoms with Gasteiger partial charge in [-0.05, 0) is 37.1 Å². The molecule has 1 heterocycles. The van der Waals surface area contributed by atoms with Crippen LogP contribution in [0.4, 0.5) is 4.39 Å². The largest absolute Gasteiger partial charge is 0.352 e. The van der Waals surface area contributed by atoms with Crippen LogP contribution in [-0.4, -0.2) is 12.5 Å². The molecule has 0 atom stereocenters. The maximum Gasteiger partial charge on any atom is 0.254 e. The van der Waals surface area contributed by atoms with E-state index in [1.54, 1.807) is 19.1 Å².